The van der Waals surface area contributed by atoms with Crippen LogP contribution >= 0.6 is 0 Å². The maximum Gasteiger partial charge on any atom is 0.255 e. The van der Waals surface area contributed by atoms with Crippen molar-refractivity contribution in [3.8, 4) is 11.4 Å². The molecular formula is C24H20N6O. The third-order valence-corrected chi connectivity index (χ3v) is 5.63. The minimum Gasteiger partial charge on any atom is -0.339 e. The molecule has 0 saturated heterocycles. The summed E-state index contributed by atoms with van der Waals surface area (Å²) in [6.07, 6.45) is 1.77. The van der Waals surface area contributed by atoms with E-state index in [1.54, 1.807) is 22.9 Å². The molecule has 0 radical (unpaired) electrons. The number of hydrogen-bond acceptors (Lipinski definition) is 4. The summed E-state index contributed by atoms with van der Waals surface area (Å²) < 4.78 is 3.72. The van der Waals surface area contributed by atoms with E-state index in [0.717, 1.165) is 34.4 Å². The highest BCUT2D eigenvalue weighted by atomic mass is 16.1. The van der Waals surface area contributed by atoms with E-state index in [2.05, 4.69) is 31.4 Å². The van der Waals surface area contributed by atoms with Gasteiger partial charge in [0.05, 0.1) is 23.6 Å². The second-order valence-electron chi connectivity index (χ2n) is 7.66. The number of anilines is 2. The van der Waals surface area contributed by atoms with E-state index in [1.807, 2.05) is 55.5 Å². The van der Waals surface area contributed by atoms with Crippen LogP contribution in [0.1, 0.15) is 24.5 Å². The van der Waals surface area contributed by atoms with E-state index in [-0.39, 0.29) is 11.5 Å². The normalized spacial score (nSPS) is 15.0. The van der Waals surface area contributed by atoms with Gasteiger partial charge in [0.25, 0.3) is 5.56 Å². The van der Waals surface area contributed by atoms with E-state index >= 15 is 0 Å². The Labute approximate surface area is 179 Å². The predicted octanol–water partition coefficient (Wildman–Crippen LogP) is 4.53. The first-order valence-corrected chi connectivity index (χ1v) is 10.1. The predicted molar refractivity (Wildman–Crippen MR) is 120 cm³/mol. The van der Waals surface area contributed by atoms with Crippen molar-refractivity contribution < 1.29 is 0 Å². The van der Waals surface area contributed by atoms with Crippen LogP contribution in [0.2, 0.25) is 0 Å². The Bertz CT molecular complexity index is 1380. The quantitative estimate of drug-likeness (QED) is 0.457. The molecule has 1 atom stereocenters. The summed E-state index contributed by atoms with van der Waals surface area (Å²) in [6, 6.07) is 18.7. The van der Waals surface area contributed by atoms with Gasteiger partial charge in [-0.1, -0.05) is 25.1 Å². The van der Waals surface area contributed by atoms with Crippen LogP contribution in [0.4, 0.5) is 17.1 Å². The van der Waals surface area contributed by atoms with Gasteiger partial charge >= 0.3 is 0 Å². The molecule has 0 unspecified atom stereocenters. The van der Waals surface area contributed by atoms with Gasteiger partial charge in [-0.15, -0.1) is 10.2 Å². The number of nitrogens with zero attached hydrogens (tertiary/aromatic N) is 6. The topological polar surface area (TPSA) is 60.3 Å². The minimum absolute atomic E-state index is 0.0847. The van der Waals surface area contributed by atoms with Gasteiger partial charge in [0.2, 0.25) is 0 Å². The van der Waals surface area contributed by atoms with Gasteiger partial charge in [0.15, 0.2) is 5.69 Å². The van der Waals surface area contributed by atoms with E-state index in [1.165, 1.54) is 0 Å². The monoisotopic (exact) mass is 408 g/mol. The highest BCUT2D eigenvalue weighted by Crippen LogP contribution is 2.39. The molecule has 2 aromatic heterocycles. The molecule has 0 aliphatic carbocycles. The van der Waals surface area contributed by atoms with Crippen LogP contribution in [0.3, 0.4) is 0 Å². The Kier molecular flexibility index (Phi) is 4.41. The summed E-state index contributed by atoms with van der Waals surface area (Å²) >= 11 is 0. The fourth-order valence-electron chi connectivity index (χ4n) is 4.11. The van der Waals surface area contributed by atoms with Crippen molar-refractivity contribution in [3.05, 3.63) is 100 Å². The van der Waals surface area contributed by atoms with Crippen molar-refractivity contribution in [3.63, 3.8) is 0 Å². The van der Waals surface area contributed by atoms with Crippen molar-refractivity contribution in [2.75, 3.05) is 11.4 Å². The number of rotatable bonds is 2. The molecule has 0 N–H and O–H groups in total. The van der Waals surface area contributed by atoms with Gasteiger partial charge in [0, 0.05) is 30.4 Å². The van der Waals surface area contributed by atoms with Gasteiger partial charge < -0.3 is 4.90 Å². The SMILES string of the molecule is [C-]#[N+]c1ccc(N2C[C@@H](C)c3nnc(C)n3-c3ccc(-n4ccccc4=O)cc32)cc1. The second kappa shape index (κ2) is 7.26. The second-order valence-corrected chi connectivity index (χ2v) is 7.66. The molecule has 0 saturated carbocycles. The van der Waals surface area contributed by atoms with Gasteiger partial charge in [-0.3, -0.25) is 13.9 Å². The standard InChI is InChI=1S/C24H20N6O/c1-16-15-29(19-9-7-18(25-3)8-10-19)22-14-20(28-13-5-4-6-23(28)31)11-12-21(22)30-17(2)26-27-24(16)30/h4-14,16H,15H2,1-2H3/t16-/m1/s1. The molecule has 0 bridgehead atoms. The third kappa shape index (κ3) is 3.09. The molecule has 1 aliphatic heterocycles. The lowest BCUT2D eigenvalue weighted by Gasteiger charge is -2.27. The van der Waals surface area contributed by atoms with Gasteiger partial charge in [-0.05, 0) is 43.3 Å². The van der Waals surface area contributed by atoms with Crippen LogP contribution in [0.5, 0.6) is 0 Å². The number of hydrogen-bond donors (Lipinski definition) is 0. The summed E-state index contributed by atoms with van der Waals surface area (Å²) in [6.45, 7) is 12.0. The number of aromatic nitrogens is 4. The van der Waals surface area contributed by atoms with Crippen LogP contribution in [-0.2, 0) is 0 Å². The fourth-order valence-corrected chi connectivity index (χ4v) is 4.11. The van der Waals surface area contributed by atoms with Crippen LogP contribution in [0.25, 0.3) is 16.2 Å². The molecule has 7 heteroatoms. The number of aryl methyl sites for hydroxylation is 1. The molecule has 5 rings (SSSR count). The van der Waals surface area contributed by atoms with Crippen LogP contribution in [-0.4, -0.2) is 25.9 Å². The van der Waals surface area contributed by atoms with Crippen LogP contribution < -0.4 is 10.5 Å². The van der Waals surface area contributed by atoms with E-state index in [4.69, 9.17) is 6.57 Å². The summed E-state index contributed by atoms with van der Waals surface area (Å²) in [7, 11) is 0. The first kappa shape index (κ1) is 18.8. The smallest absolute Gasteiger partial charge is 0.255 e. The Morgan fingerprint density at radius 2 is 1.77 bits per heavy atom. The highest BCUT2D eigenvalue weighted by Gasteiger charge is 2.28. The lowest BCUT2D eigenvalue weighted by atomic mass is 10.1. The van der Waals surface area contributed by atoms with E-state index in [9.17, 15) is 4.79 Å². The Morgan fingerprint density at radius 1 is 1.00 bits per heavy atom. The largest absolute Gasteiger partial charge is 0.339 e. The molecule has 7 nitrogen and oxygen atoms in total. The van der Waals surface area contributed by atoms with Crippen molar-refractivity contribution in [1.29, 1.82) is 0 Å². The summed E-state index contributed by atoms with van der Waals surface area (Å²) in [5.74, 6) is 1.85. The summed E-state index contributed by atoms with van der Waals surface area (Å²) in [5, 5.41) is 8.75. The zero-order valence-corrected chi connectivity index (χ0v) is 17.2. The average molecular weight is 408 g/mol. The van der Waals surface area contributed by atoms with E-state index < -0.39 is 0 Å². The van der Waals surface area contributed by atoms with Gasteiger partial charge in [-0.2, -0.15) is 0 Å². The van der Waals surface area contributed by atoms with Crippen molar-refractivity contribution in [2.24, 2.45) is 0 Å². The lowest BCUT2D eigenvalue weighted by Crippen LogP contribution is -2.22. The molecule has 4 aromatic rings. The average Bonchev–Trinajstić information content (AvgIpc) is 3.13. The third-order valence-electron chi connectivity index (χ3n) is 5.63. The molecule has 1 aliphatic rings. The Morgan fingerprint density at radius 3 is 2.52 bits per heavy atom. The minimum atomic E-state index is -0.0847. The number of pyridine rings is 1. The zero-order chi connectivity index (χ0) is 21.5. The maximum atomic E-state index is 12.4. The molecule has 152 valence electrons. The molecule has 0 amide bonds. The Balaban J connectivity index is 1.75. The van der Waals surface area contributed by atoms with Crippen LogP contribution in [0, 0.1) is 13.5 Å². The maximum absolute atomic E-state index is 12.4. The first-order valence-electron chi connectivity index (χ1n) is 10.1. The van der Waals surface area contributed by atoms with E-state index in [0.29, 0.717) is 12.2 Å². The highest BCUT2D eigenvalue weighted by molar-refractivity contribution is 5.76. The number of benzene rings is 2. The lowest BCUT2D eigenvalue weighted by molar-refractivity contribution is 0.696. The van der Waals surface area contributed by atoms with Crippen molar-refractivity contribution in [2.45, 2.75) is 19.8 Å². The summed E-state index contributed by atoms with van der Waals surface area (Å²) in [4.78, 5) is 18.2. The van der Waals surface area contributed by atoms with Gasteiger partial charge in [0.1, 0.15) is 11.6 Å². The Hall–Kier alpha value is -4.18. The molecule has 2 aromatic carbocycles. The fraction of sp³-hybridized carbons (Fsp3) is 0.167. The number of fused-ring (bicyclic) bond motifs is 3. The van der Waals surface area contributed by atoms with Crippen molar-refractivity contribution in [1.82, 2.24) is 19.3 Å². The summed E-state index contributed by atoms with van der Waals surface area (Å²) in [5.41, 5.74) is 4.20. The molecular weight excluding hydrogens is 388 g/mol. The zero-order valence-electron chi connectivity index (χ0n) is 17.2. The molecule has 3 heterocycles. The first-order chi connectivity index (χ1) is 15.1. The molecule has 0 spiro atoms. The molecule has 31 heavy (non-hydrogen) atoms. The molecule has 0 fully saturated rings. The van der Waals surface area contributed by atoms with Gasteiger partial charge in [-0.25, -0.2) is 4.85 Å². The van der Waals surface area contributed by atoms with Crippen LogP contribution in [0.15, 0.2) is 71.7 Å². The van der Waals surface area contributed by atoms with Crippen molar-refractivity contribution >= 4 is 17.1 Å².